The summed E-state index contributed by atoms with van der Waals surface area (Å²) in [5.74, 6) is -0.365. The van der Waals surface area contributed by atoms with E-state index in [0.717, 1.165) is 45.6 Å². The molecule has 0 radical (unpaired) electrons. The smallest absolute Gasteiger partial charge is 0.170 e. The Balaban J connectivity index is 2.04. The second-order valence-electron chi connectivity index (χ2n) is 5.83. The van der Waals surface area contributed by atoms with Crippen molar-refractivity contribution in [2.45, 2.75) is 37.1 Å². The molecule has 1 saturated heterocycles. The number of nitrogens with one attached hydrogen (secondary N) is 1. The topological polar surface area (TPSA) is 52.2 Å². The number of hydrogen-bond donors (Lipinski definition) is 1. The standard InChI is InChI=1S/C15H30N2O4/c1-16-13-4-5-15(20-10-11-21-15)12-14(13)17(6-8-18-2)7-9-19-3/h13-14,16H,4-12H2,1-3H3. The van der Waals surface area contributed by atoms with Crippen molar-refractivity contribution in [3.05, 3.63) is 0 Å². The molecule has 0 aromatic rings. The van der Waals surface area contributed by atoms with Gasteiger partial charge in [-0.15, -0.1) is 0 Å². The maximum Gasteiger partial charge on any atom is 0.170 e. The average Bonchev–Trinajstić information content (AvgIpc) is 2.95. The molecule has 1 heterocycles. The van der Waals surface area contributed by atoms with Crippen molar-refractivity contribution >= 4 is 0 Å². The molecule has 2 unspecified atom stereocenters. The van der Waals surface area contributed by atoms with Crippen molar-refractivity contribution in [3.8, 4) is 0 Å². The molecule has 1 N–H and O–H groups in total. The van der Waals surface area contributed by atoms with Crippen LogP contribution in [0.15, 0.2) is 0 Å². The number of likely N-dealkylation sites (N-methyl/N-ethyl adjacent to an activating group) is 1. The molecule has 2 aliphatic rings. The zero-order chi connectivity index (χ0) is 15.1. The van der Waals surface area contributed by atoms with Crippen LogP contribution in [-0.4, -0.2) is 83.6 Å². The zero-order valence-corrected chi connectivity index (χ0v) is 13.6. The summed E-state index contributed by atoms with van der Waals surface area (Å²) in [6.45, 7) is 4.69. The van der Waals surface area contributed by atoms with Gasteiger partial charge in [-0.3, -0.25) is 4.90 Å². The van der Waals surface area contributed by atoms with E-state index in [0.29, 0.717) is 25.3 Å². The van der Waals surface area contributed by atoms with Gasteiger partial charge in [0.05, 0.1) is 26.4 Å². The van der Waals surface area contributed by atoms with E-state index in [4.69, 9.17) is 18.9 Å². The zero-order valence-electron chi connectivity index (χ0n) is 13.6. The summed E-state index contributed by atoms with van der Waals surface area (Å²) in [5, 5.41) is 3.46. The second kappa shape index (κ2) is 8.41. The monoisotopic (exact) mass is 302 g/mol. The fourth-order valence-corrected chi connectivity index (χ4v) is 3.47. The highest BCUT2D eigenvalue weighted by Gasteiger charge is 2.46. The summed E-state index contributed by atoms with van der Waals surface area (Å²) in [7, 11) is 5.53. The number of hydrogen-bond acceptors (Lipinski definition) is 6. The Morgan fingerprint density at radius 2 is 1.76 bits per heavy atom. The van der Waals surface area contributed by atoms with Crippen molar-refractivity contribution in [1.29, 1.82) is 0 Å². The van der Waals surface area contributed by atoms with Gasteiger partial charge >= 0.3 is 0 Å². The normalized spacial score (nSPS) is 28.6. The fraction of sp³-hybridized carbons (Fsp3) is 1.00. The van der Waals surface area contributed by atoms with Crippen LogP contribution < -0.4 is 5.32 Å². The Hall–Kier alpha value is -0.240. The highest BCUT2D eigenvalue weighted by molar-refractivity contribution is 4.96. The van der Waals surface area contributed by atoms with Crippen LogP contribution in [0, 0.1) is 0 Å². The largest absolute Gasteiger partial charge is 0.383 e. The third-order valence-electron chi connectivity index (χ3n) is 4.64. The van der Waals surface area contributed by atoms with Crippen molar-refractivity contribution in [3.63, 3.8) is 0 Å². The molecule has 1 saturated carbocycles. The first-order chi connectivity index (χ1) is 10.2. The summed E-state index contributed by atoms with van der Waals surface area (Å²) in [5.41, 5.74) is 0. The van der Waals surface area contributed by atoms with E-state index >= 15 is 0 Å². The lowest BCUT2D eigenvalue weighted by atomic mass is 9.84. The minimum atomic E-state index is -0.365. The Labute approximate surface area is 128 Å². The van der Waals surface area contributed by atoms with E-state index in [2.05, 4.69) is 10.2 Å². The summed E-state index contributed by atoms with van der Waals surface area (Å²) < 4.78 is 22.4. The number of methoxy groups -OCH3 is 2. The van der Waals surface area contributed by atoms with E-state index in [1.165, 1.54) is 0 Å². The Kier molecular flexibility index (Phi) is 6.85. The van der Waals surface area contributed by atoms with Crippen LogP contribution in [0.3, 0.4) is 0 Å². The molecule has 2 fully saturated rings. The van der Waals surface area contributed by atoms with Crippen LogP contribution in [0.2, 0.25) is 0 Å². The molecule has 0 aromatic carbocycles. The Morgan fingerprint density at radius 1 is 1.14 bits per heavy atom. The minimum absolute atomic E-state index is 0.365. The van der Waals surface area contributed by atoms with Crippen LogP contribution in [-0.2, 0) is 18.9 Å². The molecule has 2 rings (SSSR count). The van der Waals surface area contributed by atoms with Crippen LogP contribution >= 0.6 is 0 Å². The highest BCUT2D eigenvalue weighted by atomic mass is 16.7. The van der Waals surface area contributed by atoms with Crippen molar-refractivity contribution in [2.75, 3.05) is 60.8 Å². The lowest BCUT2D eigenvalue weighted by molar-refractivity contribution is -0.194. The van der Waals surface area contributed by atoms with Gasteiger partial charge < -0.3 is 24.3 Å². The van der Waals surface area contributed by atoms with Crippen LogP contribution in [0.5, 0.6) is 0 Å². The molecule has 1 spiro atoms. The van der Waals surface area contributed by atoms with Crippen LogP contribution in [0.25, 0.3) is 0 Å². The average molecular weight is 302 g/mol. The third-order valence-corrected chi connectivity index (χ3v) is 4.64. The molecular weight excluding hydrogens is 272 g/mol. The summed E-state index contributed by atoms with van der Waals surface area (Å²) in [6.07, 6.45) is 2.95. The molecule has 2 atom stereocenters. The van der Waals surface area contributed by atoms with E-state index in [1.54, 1.807) is 14.2 Å². The Morgan fingerprint density at radius 3 is 2.29 bits per heavy atom. The maximum atomic E-state index is 5.92. The maximum absolute atomic E-state index is 5.92. The van der Waals surface area contributed by atoms with E-state index in [-0.39, 0.29) is 5.79 Å². The molecule has 1 aliphatic carbocycles. The lowest BCUT2D eigenvalue weighted by Crippen LogP contribution is -2.58. The Bertz CT molecular complexity index is 289. The van der Waals surface area contributed by atoms with Gasteiger partial charge in [0.25, 0.3) is 0 Å². The SMILES string of the molecule is CNC1CCC2(CC1N(CCOC)CCOC)OCCO2. The molecule has 6 nitrogen and oxygen atoms in total. The molecule has 21 heavy (non-hydrogen) atoms. The molecule has 124 valence electrons. The molecule has 6 heteroatoms. The predicted octanol–water partition coefficient (Wildman–Crippen LogP) is 0.465. The molecule has 0 amide bonds. The van der Waals surface area contributed by atoms with E-state index in [1.807, 2.05) is 7.05 Å². The van der Waals surface area contributed by atoms with Gasteiger partial charge in [0.1, 0.15) is 0 Å². The fourth-order valence-electron chi connectivity index (χ4n) is 3.47. The van der Waals surface area contributed by atoms with Crippen molar-refractivity contribution < 1.29 is 18.9 Å². The highest BCUT2D eigenvalue weighted by Crippen LogP contribution is 2.37. The molecule has 1 aliphatic heterocycles. The first-order valence-corrected chi connectivity index (χ1v) is 7.92. The predicted molar refractivity (Wildman–Crippen MR) is 80.4 cm³/mol. The van der Waals surface area contributed by atoms with Gasteiger partial charge in [-0.05, 0) is 13.5 Å². The molecule has 0 aromatic heterocycles. The van der Waals surface area contributed by atoms with Gasteiger partial charge in [-0.2, -0.15) is 0 Å². The number of ether oxygens (including phenoxy) is 4. The second-order valence-corrected chi connectivity index (χ2v) is 5.83. The quantitative estimate of drug-likeness (QED) is 0.703. The lowest BCUT2D eigenvalue weighted by Gasteiger charge is -2.45. The van der Waals surface area contributed by atoms with Crippen LogP contribution in [0.1, 0.15) is 19.3 Å². The summed E-state index contributed by atoms with van der Waals surface area (Å²) >= 11 is 0. The molecule has 0 bridgehead atoms. The minimum Gasteiger partial charge on any atom is -0.383 e. The third kappa shape index (κ3) is 4.37. The number of rotatable bonds is 8. The van der Waals surface area contributed by atoms with Crippen molar-refractivity contribution in [2.24, 2.45) is 0 Å². The first kappa shape index (κ1) is 17.1. The van der Waals surface area contributed by atoms with E-state index < -0.39 is 0 Å². The van der Waals surface area contributed by atoms with Gasteiger partial charge in [-0.25, -0.2) is 0 Å². The van der Waals surface area contributed by atoms with Crippen LogP contribution in [0.4, 0.5) is 0 Å². The first-order valence-electron chi connectivity index (χ1n) is 7.92. The van der Waals surface area contributed by atoms with Crippen molar-refractivity contribution in [1.82, 2.24) is 10.2 Å². The van der Waals surface area contributed by atoms with Gasteiger partial charge in [0.15, 0.2) is 5.79 Å². The van der Waals surface area contributed by atoms with Gasteiger partial charge in [-0.1, -0.05) is 0 Å². The summed E-state index contributed by atoms with van der Waals surface area (Å²) in [6, 6.07) is 0.837. The number of nitrogens with zero attached hydrogens (tertiary/aromatic N) is 1. The van der Waals surface area contributed by atoms with E-state index in [9.17, 15) is 0 Å². The van der Waals surface area contributed by atoms with Gasteiger partial charge in [0.2, 0.25) is 0 Å². The van der Waals surface area contributed by atoms with Gasteiger partial charge in [0, 0.05) is 52.2 Å². The summed E-state index contributed by atoms with van der Waals surface area (Å²) in [4.78, 5) is 2.44. The molecular formula is C15H30N2O4.